The maximum absolute atomic E-state index is 13.3. The van der Waals surface area contributed by atoms with Crippen molar-refractivity contribution < 1.29 is 14.0 Å². The van der Waals surface area contributed by atoms with Crippen molar-refractivity contribution in [3.8, 4) is 0 Å². The molecule has 0 unspecified atom stereocenters. The Morgan fingerprint density at radius 2 is 1.57 bits per heavy atom. The Morgan fingerprint density at radius 1 is 0.867 bits per heavy atom. The Morgan fingerprint density at radius 3 is 2.23 bits per heavy atom. The molecule has 2 aromatic carbocycles. The summed E-state index contributed by atoms with van der Waals surface area (Å²) in [6.45, 7) is 3.25. The van der Waals surface area contributed by atoms with Gasteiger partial charge in [-0.25, -0.2) is 4.39 Å². The van der Waals surface area contributed by atoms with Crippen molar-refractivity contribution in [2.45, 2.75) is 38.5 Å². The van der Waals surface area contributed by atoms with Gasteiger partial charge in [0.05, 0.1) is 6.42 Å². The number of carbonyl (C=O) groups excluding carboxylic acids is 2. The largest absolute Gasteiger partial charge is 0.342 e. The average Bonchev–Trinajstić information content (AvgIpc) is 3.29. The first-order valence-corrected chi connectivity index (χ1v) is 11.0. The van der Waals surface area contributed by atoms with E-state index < -0.39 is 0 Å². The van der Waals surface area contributed by atoms with Crippen LogP contribution in [0.2, 0.25) is 0 Å². The van der Waals surface area contributed by atoms with Crippen LogP contribution in [0.15, 0.2) is 48.5 Å². The molecule has 0 spiro atoms. The molecule has 0 atom stereocenters. The van der Waals surface area contributed by atoms with Gasteiger partial charge in [-0.2, -0.15) is 0 Å². The third-order valence-corrected chi connectivity index (χ3v) is 6.33. The maximum Gasteiger partial charge on any atom is 0.253 e. The minimum atomic E-state index is -0.299. The van der Waals surface area contributed by atoms with Gasteiger partial charge in [0, 0.05) is 31.7 Å². The molecule has 2 amide bonds. The van der Waals surface area contributed by atoms with Gasteiger partial charge in [-0.1, -0.05) is 24.3 Å². The van der Waals surface area contributed by atoms with Gasteiger partial charge in [-0.3, -0.25) is 9.59 Å². The van der Waals surface area contributed by atoms with Crippen LogP contribution >= 0.6 is 0 Å². The van der Waals surface area contributed by atoms with Crippen molar-refractivity contribution in [2.75, 3.05) is 26.2 Å². The van der Waals surface area contributed by atoms with Crippen molar-refractivity contribution in [2.24, 2.45) is 5.92 Å². The Hall–Kier alpha value is -2.69. The predicted molar refractivity (Wildman–Crippen MR) is 115 cm³/mol. The van der Waals surface area contributed by atoms with E-state index in [2.05, 4.69) is 12.1 Å². The van der Waals surface area contributed by atoms with E-state index in [1.165, 1.54) is 17.7 Å². The fraction of sp³-hybridized carbons (Fsp3) is 0.440. The van der Waals surface area contributed by atoms with E-state index in [0.717, 1.165) is 69.4 Å². The van der Waals surface area contributed by atoms with E-state index in [1.807, 2.05) is 21.9 Å². The fourth-order valence-corrected chi connectivity index (χ4v) is 4.54. The van der Waals surface area contributed by atoms with Crippen LogP contribution < -0.4 is 0 Å². The summed E-state index contributed by atoms with van der Waals surface area (Å²) in [5.74, 6) is 0.462. The highest BCUT2D eigenvalue weighted by Crippen LogP contribution is 2.23. The molecule has 0 bridgehead atoms. The summed E-state index contributed by atoms with van der Waals surface area (Å²) in [5, 5.41) is 0. The number of carbonyl (C=O) groups is 2. The lowest BCUT2D eigenvalue weighted by atomic mass is 9.89. The maximum atomic E-state index is 13.3. The molecular formula is C25H29FN2O2. The van der Waals surface area contributed by atoms with Gasteiger partial charge in [-0.05, 0) is 73.4 Å². The number of likely N-dealkylation sites (tertiary alicyclic amines) is 2. The molecule has 0 radical (unpaired) electrons. The van der Waals surface area contributed by atoms with E-state index >= 15 is 0 Å². The zero-order valence-corrected chi connectivity index (χ0v) is 17.4. The average molecular weight is 409 g/mol. The molecule has 2 aliphatic rings. The zero-order valence-electron chi connectivity index (χ0n) is 17.4. The standard InChI is InChI=1S/C25H29FN2O2/c26-23-5-3-4-21(17-23)18-24(29)27-14-10-20(11-15-27)16-19-6-8-22(9-7-19)25(30)28-12-1-2-13-28/h3-9,17,20H,1-2,10-16,18H2. The van der Waals surface area contributed by atoms with Crippen LogP contribution in [0.4, 0.5) is 4.39 Å². The SMILES string of the molecule is O=C(Cc1cccc(F)c1)N1CCC(Cc2ccc(C(=O)N3CCCC3)cc2)CC1. The van der Waals surface area contributed by atoms with Gasteiger partial charge in [0.2, 0.25) is 5.91 Å². The number of nitrogens with zero attached hydrogens (tertiary/aromatic N) is 2. The first kappa shape index (κ1) is 20.6. The van der Waals surface area contributed by atoms with Gasteiger partial charge in [0.15, 0.2) is 0 Å². The number of benzene rings is 2. The van der Waals surface area contributed by atoms with Crippen LogP contribution in [0.5, 0.6) is 0 Å². The molecule has 158 valence electrons. The van der Waals surface area contributed by atoms with E-state index in [0.29, 0.717) is 5.92 Å². The van der Waals surface area contributed by atoms with Crippen molar-refractivity contribution in [3.63, 3.8) is 0 Å². The van der Waals surface area contributed by atoms with Crippen LogP contribution in [0, 0.1) is 11.7 Å². The molecule has 2 heterocycles. The summed E-state index contributed by atoms with van der Waals surface area (Å²) in [7, 11) is 0. The molecule has 5 heteroatoms. The third-order valence-electron chi connectivity index (χ3n) is 6.33. The summed E-state index contributed by atoms with van der Waals surface area (Å²) in [6, 6.07) is 14.3. The number of amides is 2. The van der Waals surface area contributed by atoms with E-state index in [4.69, 9.17) is 0 Å². The third kappa shape index (κ3) is 5.07. The normalized spacial score (nSPS) is 17.4. The zero-order chi connectivity index (χ0) is 20.9. The summed E-state index contributed by atoms with van der Waals surface area (Å²) >= 11 is 0. The van der Waals surface area contributed by atoms with Crippen LogP contribution in [-0.4, -0.2) is 47.8 Å². The first-order chi connectivity index (χ1) is 14.6. The van der Waals surface area contributed by atoms with E-state index in [-0.39, 0.29) is 24.1 Å². The number of halogens is 1. The van der Waals surface area contributed by atoms with Crippen LogP contribution in [-0.2, 0) is 17.6 Å². The number of hydrogen-bond donors (Lipinski definition) is 0. The van der Waals surface area contributed by atoms with E-state index in [1.54, 1.807) is 12.1 Å². The van der Waals surface area contributed by atoms with Crippen molar-refractivity contribution in [1.29, 1.82) is 0 Å². The van der Waals surface area contributed by atoms with Gasteiger partial charge in [0.25, 0.3) is 5.91 Å². The van der Waals surface area contributed by atoms with Crippen molar-refractivity contribution in [1.82, 2.24) is 9.80 Å². The molecule has 2 aliphatic heterocycles. The Labute approximate surface area is 177 Å². The smallest absolute Gasteiger partial charge is 0.253 e. The van der Waals surface area contributed by atoms with Gasteiger partial charge < -0.3 is 9.80 Å². The van der Waals surface area contributed by atoms with E-state index in [9.17, 15) is 14.0 Å². The van der Waals surface area contributed by atoms with Crippen LogP contribution in [0.3, 0.4) is 0 Å². The van der Waals surface area contributed by atoms with Gasteiger partial charge in [0.1, 0.15) is 5.82 Å². The molecule has 30 heavy (non-hydrogen) atoms. The highest BCUT2D eigenvalue weighted by molar-refractivity contribution is 5.94. The Balaban J connectivity index is 1.25. The molecule has 0 saturated carbocycles. The van der Waals surface area contributed by atoms with Gasteiger partial charge >= 0.3 is 0 Å². The minimum absolute atomic E-state index is 0.0730. The Kier molecular flexibility index (Phi) is 6.46. The fourth-order valence-electron chi connectivity index (χ4n) is 4.54. The summed E-state index contributed by atoms with van der Waals surface area (Å²) < 4.78 is 13.3. The summed E-state index contributed by atoms with van der Waals surface area (Å²) in [5.41, 5.74) is 2.75. The van der Waals surface area contributed by atoms with Gasteiger partial charge in [-0.15, -0.1) is 0 Å². The molecule has 4 rings (SSSR count). The lowest BCUT2D eigenvalue weighted by molar-refractivity contribution is -0.131. The molecule has 2 aromatic rings. The summed E-state index contributed by atoms with van der Waals surface area (Å²) in [6.07, 6.45) is 5.40. The molecule has 2 fully saturated rings. The van der Waals surface area contributed by atoms with Crippen LogP contribution in [0.25, 0.3) is 0 Å². The van der Waals surface area contributed by atoms with Crippen molar-refractivity contribution in [3.05, 3.63) is 71.0 Å². The highest BCUT2D eigenvalue weighted by Gasteiger charge is 2.23. The number of rotatable bonds is 5. The first-order valence-electron chi connectivity index (χ1n) is 11.0. The molecular weight excluding hydrogens is 379 g/mol. The topological polar surface area (TPSA) is 40.6 Å². The molecule has 0 aliphatic carbocycles. The minimum Gasteiger partial charge on any atom is -0.342 e. The molecule has 2 saturated heterocycles. The highest BCUT2D eigenvalue weighted by atomic mass is 19.1. The second-order valence-corrected chi connectivity index (χ2v) is 8.53. The molecule has 4 nitrogen and oxygen atoms in total. The Bertz CT molecular complexity index is 882. The second-order valence-electron chi connectivity index (χ2n) is 8.53. The number of piperidine rings is 1. The van der Waals surface area contributed by atoms with Crippen LogP contribution in [0.1, 0.15) is 47.2 Å². The lowest BCUT2D eigenvalue weighted by Gasteiger charge is -2.32. The quantitative estimate of drug-likeness (QED) is 0.748. The molecule has 0 N–H and O–H groups in total. The monoisotopic (exact) mass is 408 g/mol. The second kappa shape index (κ2) is 9.41. The number of hydrogen-bond acceptors (Lipinski definition) is 2. The van der Waals surface area contributed by atoms with Crippen molar-refractivity contribution >= 4 is 11.8 Å². The molecule has 0 aromatic heterocycles. The summed E-state index contributed by atoms with van der Waals surface area (Å²) in [4.78, 5) is 28.8. The lowest BCUT2D eigenvalue weighted by Crippen LogP contribution is -2.39. The predicted octanol–water partition coefficient (Wildman–Crippen LogP) is 4.09.